The Kier molecular flexibility index (Phi) is 3.85. The topological polar surface area (TPSA) is 41.3 Å². The van der Waals surface area contributed by atoms with Gasteiger partial charge in [0.25, 0.3) is 0 Å². The Morgan fingerprint density at radius 2 is 2.20 bits per heavy atom. The van der Waals surface area contributed by atoms with Crippen LogP contribution in [0.4, 0.5) is 0 Å². The number of hydrogen-bond acceptors (Lipinski definition) is 3. The molecular weight excluding hydrogens is 250 g/mol. The fraction of sp³-hybridized carbons (Fsp3) is 0.438. The molecule has 0 bridgehead atoms. The van der Waals surface area contributed by atoms with Gasteiger partial charge in [0, 0.05) is 45.5 Å². The van der Waals surface area contributed by atoms with E-state index in [0.29, 0.717) is 0 Å². The first-order valence-electron chi connectivity index (χ1n) is 7.18. The first kappa shape index (κ1) is 13.3. The summed E-state index contributed by atoms with van der Waals surface area (Å²) < 4.78 is 2.07. The first-order chi connectivity index (χ1) is 9.74. The van der Waals surface area contributed by atoms with E-state index in [-0.39, 0.29) is 6.10 Å². The SMILES string of the molecule is Cn1ccnc1CCN1CCC(O)c2ccccc2C1. The summed E-state index contributed by atoms with van der Waals surface area (Å²) in [5.74, 6) is 1.11. The summed E-state index contributed by atoms with van der Waals surface area (Å²) in [7, 11) is 2.03. The van der Waals surface area contributed by atoms with Gasteiger partial charge < -0.3 is 9.67 Å². The lowest BCUT2D eigenvalue weighted by Crippen LogP contribution is -2.26. The molecule has 2 heterocycles. The third kappa shape index (κ3) is 2.76. The van der Waals surface area contributed by atoms with Gasteiger partial charge in [-0.25, -0.2) is 4.98 Å². The van der Waals surface area contributed by atoms with Gasteiger partial charge in [0.2, 0.25) is 0 Å². The van der Waals surface area contributed by atoms with E-state index in [4.69, 9.17) is 0 Å². The monoisotopic (exact) mass is 271 g/mol. The van der Waals surface area contributed by atoms with Crippen molar-refractivity contribution in [3.05, 3.63) is 53.6 Å². The predicted molar refractivity (Wildman–Crippen MR) is 78.2 cm³/mol. The number of imidazole rings is 1. The van der Waals surface area contributed by atoms with Gasteiger partial charge >= 0.3 is 0 Å². The minimum absolute atomic E-state index is 0.329. The zero-order valence-electron chi connectivity index (χ0n) is 11.9. The summed E-state index contributed by atoms with van der Waals surface area (Å²) in [5, 5.41) is 10.2. The van der Waals surface area contributed by atoms with Crippen LogP contribution in [-0.4, -0.2) is 32.6 Å². The summed E-state index contributed by atoms with van der Waals surface area (Å²) in [6.07, 6.45) is 5.25. The highest BCUT2D eigenvalue weighted by Crippen LogP contribution is 2.26. The zero-order valence-corrected chi connectivity index (χ0v) is 11.9. The van der Waals surface area contributed by atoms with E-state index >= 15 is 0 Å². The molecule has 3 rings (SSSR count). The molecular formula is C16H21N3O. The molecule has 1 aliphatic rings. The van der Waals surface area contributed by atoms with Crippen LogP contribution >= 0.6 is 0 Å². The zero-order chi connectivity index (χ0) is 13.9. The molecule has 4 heteroatoms. The van der Waals surface area contributed by atoms with Crippen molar-refractivity contribution >= 4 is 0 Å². The van der Waals surface area contributed by atoms with E-state index in [2.05, 4.69) is 20.5 Å². The normalized spacial score (nSPS) is 19.6. The maximum atomic E-state index is 10.2. The number of aliphatic hydroxyl groups is 1. The average Bonchev–Trinajstić information content (AvgIpc) is 2.79. The number of hydrogen-bond donors (Lipinski definition) is 1. The first-order valence-corrected chi connectivity index (χ1v) is 7.18. The highest BCUT2D eigenvalue weighted by atomic mass is 16.3. The molecule has 0 saturated carbocycles. The molecule has 0 aliphatic carbocycles. The van der Waals surface area contributed by atoms with Crippen molar-refractivity contribution < 1.29 is 5.11 Å². The smallest absolute Gasteiger partial charge is 0.109 e. The largest absolute Gasteiger partial charge is 0.388 e. The quantitative estimate of drug-likeness (QED) is 0.927. The number of fused-ring (bicyclic) bond motifs is 1. The molecule has 0 fully saturated rings. The van der Waals surface area contributed by atoms with Crippen molar-refractivity contribution in [3.63, 3.8) is 0 Å². The van der Waals surface area contributed by atoms with E-state index in [1.54, 1.807) is 0 Å². The van der Waals surface area contributed by atoms with Gasteiger partial charge in [0.05, 0.1) is 6.10 Å². The van der Waals surface area contributed by atoms with Crippen molar-refractivity contribution in [2.75, 3.05) is 13.1 Å². The Morgan fingerprint density at radius 1 is 1.35 bits per heavy atom. The van der Waals surface area contributed by atoms with Crippen molar-refractivity contribution in [2.24, 2.45) is 7.05 Å². The minimum Gasteiger partial charge on any atom is -0.388 e. The maximum absolute atomic E-state index is 10.2. The van der Waals surface area contributed by atoms with Crippen molar-refractivity contribution in [1.29, 1.82) is 0 Å². The number of nitrogens with zero attached hydrogens (tertiary/aromatic N) is 3. The molecule has 1 aromatic carbocycles. The highest BCUT2D eigenvalue weighted by molar-refractivity contribution is 5.29. The summed E-state index contributed by atoms with van der Waals surface area (Å²) in [5.41, 5.74) is 2.34. The second-order valence-corrected chi connectivity index (χ2v) is 5.48. The molecule has 4 nitrogen and oxygen atoms in total. The molecule has 0 spiro atoms. The lowest BCUT2D eigenvalue weighted by Gasteiger charge is -2.20. The predicted octanol–water partition coefficient (Wildman–Crippen LogP) is 1.90. The molecule has 1 aliphatic heterocycles. The molecule has 0 saturated heterocycles. The third-order valence-corrected chi connectivity index (χ3v) is 4.10. The second kappa shape index (κ2) is 5.77. The number of aryl methyl sites for hydroxylation is 1. The second-order valence-electron chi connectivity index (χ2n) is 5.48. The van der Waals surface area contributed by atoms with E-state index in [9.17, 15) is 5.11 Å². The molecule has 0 amide bonds. The van der Waals surface area contributed by atoms with E-state index in [1.807, 2.05) is 37.6 Å². The Hall–Kier alpha value is -1.65. The van der Waals surface area contributed by atoms with Gasteiger partial charge in [0.1, 0.15) is 5.82 Å². The summed E-state index contributed by atoms with van der Waals surface area (Å²) in [6.45, 7) is 2.82. The van der Waals surface area contributed by atoms with Gasteiger partial charge in [-0.3, -0.25) is 4.90 Å². The number of aromatic nitrogens is 2. The molecule has 0 radical (unpaired) electrons. The standard InChI is InChI=1S/C16H21N3O/c1-18-11-8-17-16(18)7-10-19-9-6-15(20)14-5-3-2-4-13(14)12-19/h2-5,8,11,15,20H,6-7,9-10,12H2,1H3. The fourth-order valence-electron chi connectivity index (χ4n) is 2.87. The number of benzene rings is 1. The Bertz CT molecular complexity index is 579. The molecule has 1 atom stereocenters. The molecule has 2 aromatic rings. The lowest BCUT2D eigenvalue weighted by atomic mass is 10.0. The van der Waals surface area contributed by atoms with E-state index in [1.165, 1.54) is 5.56 Å². The fourth-order valence-corrected chi connectivity index (χ4v) is 2.87. The maximum Gasteiger partial charge on any atom is 0.109 e. The van der Waals surface area contributed by atoms with Crippen LogP contribution in [0.15, 0.2) is 36.7 Å². The van der Waals surface area contributed by atoms with Crippen molar-refractivity contribution in [3.8, 4) is 0 Å². The van der Waals surface area contributed by atoms with Crippen LogP contribution in [0.25, 0.3) is 0 Å². The van der Waals surface area contributed by atoms with Gasteiger partial charge in [-0.05, 0) is 17.5 Å². The Labute approximate surface area is 119 Å². The molecule has 1 unspecified atom stereocenters. The molecule has 1 aromatic heterocycles. The van der Waals surface area contributed by atoms with Gasteiger partial charge in [-0.2, -0.15) is 0 Å². The highest BCUT2D eigenvalue weighted by Gasteiger charge is 2.20. The molecule has 106 valence electrons. The molecule has 20 heavy (non-hydrogen) atoms. The Morgan fingerprint density at radius 3 is 3.00 bits per heavy atom. The molecule has 1 N–H and O–H groups in total. The summed E-state index contributed by atoms with van der Waals surface area (Å²) >= 11 is 0. The van der Waals surface area contributed by atoms with Crippen LogP contribution in [0.3, 0.4) is 0 Å². The van der Waals surface area contributed by atoms with Gasteiger partial charge in [0.15, 0.2) is 0 Å². The van der Waals surface area contributed by atoms with Crippen LogP contribution in [0.1, 0.15) is 29.5 Å². The van der Waals surface area contributed by atoms with E-state index in [0.717, 1.165) is 43.9 Å². The van der Waals surface area contributed by atoms with Crippen LogP contribution in [0, 0.1) is 0 Å². The summed E-state index contributed by atoms with van der Waals surface area (Å²) in [6, 6.07) is 8.22. The Balaban J connectivity index is 1.69. The average molecular weight is 271 g/mol. The van der Waals surface area contributed by atoms with Crippen molar-refractivity contribution in [2.45, 2.75) is 25.5 Å². The minimum atomic E-state index is -0.329. The van der Waals surface area contributed by atoms with Gasteiger partial charge in [-0.1, -0.05) is 24.3 Å². The van der Waals surface area contributed by atoms with Gasteiger partial charge in [-0.15, -0.1) is 0 Å². The van der Waals surface area contributed by atoms with Crippen LogP contribution in [0.5, 0.6) is 0 Å². The van der Waals surface area contributed by atoms with Crippen LogP contribution in [0.2, 0.25) is 0 Å². The van der Waals surface area contributed by atoms with Crippen LogP contribution < -0.4 is 0 Å². The number of aliphatic hydroxyl groups excluding tert-OH is 1. The number of rotatable bonds is 3. The third-order valence-electron chi connectivity index (χ3n) is 4.10. The van der Waals surface area contributed by atoms with Crippen LogP contribution in [-0.2, 0) is 20.0 Å². The summed E-state index contributed by atoms with van der Waals surface area (Å²) in [4.78, 5) is 6.78. The van der Waals surface area contributed by atoms with E-state index < -0.39 is 0 Å². The lowest BCUT2D eigenvalue weighted by molar-refractivity contribution is 0.152. The van der Waals surface area contributed by atoms with Crippen molar-refractivity contribution in [1.82, 2.24) is 14.5 Å².